The topological polar surface area (TPSA) is 66.8 Å². The van der Waals surface area contributed by atoms with E-state index < -0.39 is 29.3 Å². The third-order valence-electron chi connectivity index (χ3n) is 4.25. The van der Waals surface area contributed by atoms with Gasteiger partial charge >= 0.3 is 6.18 Å². The smallest absolute Gasteiger partial charge is 0.416 e. The molecule has 2 aromatic rings. The summed E-state index contributed by atoms with van der Waals surface area (Å²) in [6.45, 7) is 3.32. The van der Waals surface area contributed by atoms with Gasteiger partial charge < -0.3 is 9.84 Å². The van der Waals surface area contributed by atoms with Crippen LogP contribution in [0.3, 0.4) is 0 Å². The molecule has 0 saturated carbocycles. The molecule has 0 saturated heterocycles. The second-order valence-corrected chi connectivity index (χ2v) is 6.81. The Labute approximate surface area is 165 Å². The quantitative estimate of drug-likeness (QED) is 0.752. The molecule has 1 aliphatic rings. The Balaban J connectivity index is 1.84. The summed E-state index contributed by atoms with van der Waals surface area (Å²) in [6.07, 6.45) is -4.59. The van der Waals surface area contributed by atoms with Crippen molar-refractivity contribution in [3.8, 4) is 5.75 Å². The minimum absolute atomic E-state index is 0.0499. The molecule has 8 heteroatoms. The summed E-state index contributed by atoms with van der Waals surface area (Å²) in [6, 6.07) is 10.6. The summed E-state index contributed by atoms with van der Waals surface area (Å²) in [4.78, 5) is 25.8. The number of benzene rings is 2. The highest BCUT2D eigenvalue weighted by Crippen LogP contribution is 2.32. The van der Waals surface area contributed by atoms with Crippen LogP contribution in [-0.4, -0.2) is 27.9 Å². The molecule has 1 aliphatic heterocycles. The highest BCUT2D eigenvalue weighted by Gasteiger charge is 2.39. The van der Waals surface area contributed by atoms with E-state index >= 15 is 0 Å². The van der Waals surface area contributed by atoms with Gasteiger partial charge in [-0.05, 0) is 49.2 Å². The van der Waals surface area contributed by atoms with Gasteiger partial charge in [0, 0.05) is 0 Å². The van der Waals surface area contributed by atoms with Crippen LogP contribution in [0.1, 0.15) is 30.5 Å². The van der Waals surface area contributed by atoms with Gasteiger partial charge in [0.05, 0.1) is 23.8 Å². The maximum absolute atomic E-state index is 12.9. The molecule has 5 nitrogen and oxygen atoms in total. The van der Waals surface area contributed by atoms with Crippen LogP contribution in [0.5, 0.6) is 5.75 Å². The lowest BCUT2D eigenvalue weighted by Crippen LogP contribution is -2.31. The highest BCUT2D eigenvalue weighted by molar-refractivity contribution is 6.34. The molecule has 1 N–H and O–H groups in total. The molecule has 0 aliphatic carbocycles. The number of carbonyl (C=O) groups excluding carboxylic acids is 2. The fourth-order valence-electron chi connectivity index (χ4n) is 2.97. The number of halogens is 3. The van der Waals surface area contributed by atoms with Gasteiger partial charge in [0.25, 0.3) is 11.8 Å². The van der Waals surface area contributed by atoms with Crippen LogP contribution in [-0.2, 0) is 22.3 Å². The van der Waals surface area contributed by atoms with E-state index in [1.807, 2.05) is 13.8 Å². The molecule has 29 heavy (non-hydrogen) atoms. The zero-order valence-electron chi connectivity index (χ0n) is 15.7. The number of amides is 2. The molecule has 0 spiro atoms. The van der Waals surface area contributed by atoms with Crippen molar-refractivity contribution in [1.82, 2.24) is 4.90 Å². The molecule has 0 unspecified atom stereocenters. The lowest BCUT2D eigenvalue weighted by molar-refractivity contribution is -0.138. The van der Waals surface area contributed by atoms with Crippen molar-refractivity contribution in [3.63, 3.8) is 0 Å². The Bertz CT molecular complexity index is 978. The van der Waals surface area contributed by atoms with Crippen LogP contribution in [0.2, 0.25) is 0 Å². The van der Waals surface area contributed by atoms with Crippen molar-refractivity contribution in [3.05, 3.63) is 71.0 Å². The first-order chi connectivity index (χ1) is 13.6. The summed E-state index contributed by atoms with van der Waals surface area (Å²) >= 11 is 0. The minimum atomic E-state index is -4.54. The number of ether oxygens (including phenoxy) is 1. The molecule has 2 aromatic carbocycles. The normalized spacial score (nSPS) is 14.9. The van der Waals surface area contributed by atoms with Gasteiger partial charge in [0.1, 0.15) is 5.75 Å². The SMILES string of the molecule is CC(C)Oc1ccc(C2=C(O)C(=O)N(Cc3cccc(C(F)(F)F)c3)C2=O)cc1. The van der Waals surface area contributed by atoms with Gasteiger partial charge in [0.15, 0.2) is 5.76 Å². The van der Waals surface area contributed by atoms with E-state index in [0.29, 0.717) is 11.3 Å². The van der Waals surface area contributed by atoms with Crippen LogP contribution >= 0.6 is 0 Å². The van der Waals surface area contributed by atoms with Crippen molar-refractivity contribution in [2.24, 2.45) is 0 Å². The van der Waals surface area contributed by atoms with E-state index in [4.69, 9.17) is 4.74 Å². The van der Waals surface area contributed by atoms with Crippen molar-refractivity contribution in [1.29, 1.82) is 0 Å². The summed E-state index contributed by atoms with van der Waals surface area (Å²) in [5.41, 5.74) is -0.648. The number of hydrogen-bond donors (Lipinski definition) is 1. The molecule has 0 fully saturated rings. The number of aliphatic hydroxyl groups excluding tert-OH is 1. The van der Waals surface area contributed by atoms with Gasteiger partial charge in [-0.2, -0.15) is 13.2 Å². The number of nitrogens with zero attached hydrogens (tertiary/aromatic N) is 1. The minimum Gasteiger partial charge on any atom is -0.502 e. The van der Waals surface area contributed by atoms with E-state index in [9.17, 15) is 27.9 Å². The maximum Gasteiger partial charge on any atom is 0.416 e. The van der Waals surface area contributed by atoms with Gasteiger partial charge in [-0.15, -0.1) is 0 Å². The third kappa shape index (κ3) is 4.26. The van der Waals surface area contributed by atoms with Crippen LogP contribution in [0, 0.1) is 0 Å². The predicted octanol–water partition coefficient (Wildman–Crippen LogP) is 4.33. The van der Waals surface area contributed by atoms with Crippen molar-refractivity contribution >= 4 is 17.4 Å². The zero-order valence-corrected chi connectivity index (χ0v) is 15.7. The fraction of sp³-hybridized carbons (Fsp3) is 0.238. The molecule has 0 bridgehead atoms. The molecule has 2 amide bonds. The second kappa shape index (κ2) is 7.62. The van der Waals surface area contributed by atoms with Crippen LogP contribution in [0.25, 0.3) is 5.57 Å². The number of imide groups is 1. The van der Waals surface area contributed by atoms with Gasteiger partial charge in [-0.1, -0.05) is 24.3 Å². The first-order valence-corrected chi connectivity index (χ1v) is 8.80. The van der Waals surface area contributed by atoms with E-state index in [1.165, 1.54) is 24.3 Å². The van der Waals surface area contributed by atoms with Crippen molar-refractivity contribution in [2.75, 3.05) is 0 Å². The average Bonchev–Trinajstić information content (AvgIpc) is 2.85. The molecule has 0 radical (unpaired) electrons. The molecule has 1 heterocycles. The third-order valence-corrected chi connectivity index (χ3v) is 4.25. The van der Waals surface area contributed by atoms with Crippen molar-refractivity contribution < 1.29 is 32.6 Å². The Morgan fingerprint density at radius 2 is 1.69 bits per heavy atom. The number of alkyl halides is 3. The van der Waals surface area contributed by atoms with E-state index in [0.717, 1.165) is 17.0 Å². The predicted molar refractivity (Wildman–Crippen MR) is 98.8 cm³/mol. The Kier molecular flexibility index (Phi) is 5.37. The molecular formula is C21H18F3NO4. The number of rotatable bonds is 5. The number of aliphatic hydroxyl groups is 1. The Hall–Kier alpha value is -3.29. The first kappa shape index (κ1) is 20.4. The zero-order chi connectivity index (χ0) is 21.3. The van der Waals surface area contributed by atoms with Gasteiger partial charge in [-0.25, -0.2) is 0 Å². The molecular weight excluding hydrogens is 387 g/mol. The van der Waals surface area contributed by atoms with Crippen molar-refractivity contribution in [2.45, 2.75) is 32.7 Å². The number of carbonyl (C=O) groups is 2. The average molecular weight is 405 g/mol. The fourth-order valence-corrected chi connectivity index (χ4v) is 2.97. The largest absolute Gasteiger partial charge is 0.502 e. The summed E-state index contributed by atoms with van der Waals surface area (Å²) in [5.74, 6) is -1.91. The van der Waals surface area contributed by atoms with Crippen LogP contribution in [0.4, 0.5) is 13.2 Å². The lowest BCUT2D eigenvalue weighted by atomic mass is 10.1. The number of hydrogen-bond acceptors (Lipinski definition) is 4. The maximum atomic E-state index is 12.9. The van der Waals surface area contributed by atoms with Crippen LogP contribution in [0.15, 0.2) is 54.3 Å². The van der Waals surface area contributed by atoms with E-state index in [-0.39, 0.29) is 23.8 Å². The molecule has 0 atom stereocenters. The van der Waals surface area contributed by atoms with E-state index in [1.54, 1.807) is 12.1 Å². The van der Waals surface area contributed by atoms with Gasteiger partial charge in [0.2, 0.25) is 0 Å². The lowest BCUT2D eigenvalue weighted by Gasteiger charge is -2.16. The van der Waals surface area contributed by atoms with Gasteiger partial charge in [-0.3, -0.25) is 14.5 Å². The summed E-state index contributed by atoms with van der Waals surface area (Å²) in [7, 11) is 0. The molecule has 3 rings (SSSR count). The summed E-state index contributed by atoms with van der Waals surface area (Å²) < 4.78 is 44.2. The monoisotopic (exact) mass is 405 g/mol. The Morgan fingerprint density at radius 1 is 1.03 bits per heavy atom. The Morgan fingerprint density at radius 3 is 2.28 bits per heavy atom. The first-order valence-electron chi connectivity index (χ1n) is 8.80. The van der Waals surface area contributed by atoms with E-state index in [2.05, 4.69) is 0 Å². The summed E-state index contributed by atoms with van der Waals surface area (Å²) in [5, 5.41) is 10.2. The highest BCUT2D eigenvalue weighted by atomic mass is 19.4. The molecule has 152 valence electrons. The molecule has 0 aromatic heterocycles. The van der Waals surface area contributed by atoms with Crippen LogP contribution < -0.4 is 4.74 Å². The standard InChI is InChI=1S/C21H18F3NO4/c1-12(2)29-16-8-6-14(7-9-16)17-18(26)20(28)25(19(17)27)11-13-4-3-5-15(10-13)21(22,23)24/h3-10,12,26H,11H2,1-2H3. The second-order valence-electron chi connectivity index (χ2n) is 6.81.